The first-order chi connectivity index (χ1) is 13.9. The number of rotatable bonds is 3. The number of imidazole rings is 1. The van der Waals surface area contributed by atoms with Crippen LogP contribution in [-0.2, 0) is 16.6 Å². The molecule has 164 valence electrons. The van der Waals surface area contributed by atoms with E-state index >= 15 is 0 Å². The molecule has 0 spiro atoms. The molecule has 0 aliphatic carbocycles. The van der Waals surface area contributed by atoms with Crippen LogP contribution in [0.1, 0.15) is 49.3 Å². The van der Waals surface area contributed by atoms with Crippen molar-refractivity contribution in [3.63, 3.8) is 0 Å². The molecule has 0 radical (unpaired) electrons. The smallest absolute Gasteiger partial charge is 0.259 e. The highest BCUT2D eigenvalue weighted by atomic mass is 32.1. The maximum atomic E-state index is 11.8. The fraction of sp³-hybridized carbons (Fsp3) is 0.591. The number of fused-ring (bicyclic) bond motifs is 2. The number of thiazole rings is 1. The molecule has 1 N–H and O–H groups in total. The van der Waals surface area contributed by atoms with Crippen molar-refractivity contribution in [3.8, 4) is 0 Å². The lowest BCUT2D eigenvalue weighted by atomic mass is 9.77. The highest BCUT2D eigenvalue weighted by Crippen LogP contribution is 2.47. The van der Waals surface area contributed by atoms with Gasteiger partial charge in [-0.2, -0.15) is 4.40 Å². The molecule has 4 rings (SSSR count). The minimum atomic E-state index is -1.30. The summed E-state index contributed by atoms with van der Waals surface area (Å²) in [6, 6.07) is -0.217. The number of β-lactam (4-membered cyclic amide) rings is 1. The average molecular weight is 434 g/mol. The monoisotopic (exact) mass is 433 g/mol. The van der Waals surface area contributed by atoms with Gasteiger partial charge in [-0.1, -0.05) is 25.2 Å². The average Bonchev–Trinajstić information content (AvgIpc) is 3.18. The minimum absolute atomic E-state index is 0.0203. The fourth-order valence-electron chi connectivity index (χ4n) is 4.85. The molecule has 2 aromatic heterocycles. The van der Waals surface area contributed by atoms with Gasteiger partial charge in [-0.3, -0.25) is 4.79 Å². The summed E-state index contributed by atoms with van der Waals surface area (Å²) in [5.74, 6) is -0.795. The number of amides is 1. The molecule has 2 aliphatic heterocycles. The van der Waals surface area contributed by atoms with Crippen molar-refractivity contribution < 1.29 is 24.4 Å². The first-order valence-electron chi connectivity index (χ1n) is 10.3. The van der Waals surface area contributed by atoms with Crippen LogP contribution in [0.4, 0.5) is 0 Å². The molecule has 2 aliphatic rings. The Morgan fingerprint density at radius 1 is 1.30 bits per heavy atom. The predicted molar refractivity (Wildman–Crippen MR) is 113 cm³/mol. The third kappa shape index (κ3) is 3.08. The summed E-state index contributed by atoms with van der Waals surface area (Å²) in [4.78, 5) is 27.0. The van der Waals surface area contributed by atoms with E-state index in [1.165, 1.54) is 31.8 Å². The Morgan fingerprint density at radius 2 is 1.90 bits per heavy atom. The second-order valence-corrected chi connectivity index (χ2v) is 9.55. The number of aliphatic carboxylic acids is 1. The molecule has 4 heterocycles. The topological polar surface area (TPSA) is 89.0 Å². The van der Waals surface area contributed by atoms with Crippen molar-refractivity contribution in [2.45, 2.75) is 67.0 Å². The number of aryl methyl sites for hydroxylation is 4. The summed E-state index contributed by atoms with van der Waals surface area (Å²) in [6.45, 7) is 14.0. The number of aromatic nitrogens is 2. The van der Waals surface area contributed by atoms with Gasteiger partial charge in [0.05, 0.1) is 36.8 Å². The summed E-state index contributed by atoms with van der Waals surface area (Å²) in [7, 11) is 2.12. The van der Waals surface area contributed by atoms with Gasteiger partial charge in [0.2, 0.25) is 10.7 Å². The second-order valence-electron chi connectivity index (χ2n) is 8.34. The van der Waals surface area contributed by atoms with E-state index in [9.17, 15) is 19.8 Å². The molecule has 4 atom stereocenters. The Labute approximate surface area is 181 Å². The zero-order chi connectivity index (χ0) is 22.7. The van der Waals surface area contributed by atoms with Crippen LogP contribution in [0.3, 0.4) is 0 Å². The van der Waals surface area contributed by atoms with Gasteiger partial charge in [-0.15, -0.1) is 0 Å². The molecular weight excluding hydrogens is 402 g/mol. The Bertz CT molecular complexity index is 1060. The number of aliphatic hydroxyl groups is 1. The lowest BCUT2D eigenvalue weighted by Gasteiger charge is -2.47. The molecule has 7 nitrogen and oxygen atoms in total. The number of nitrogens with zero attached hydrogens (tertiary/aromatic N) is 3. The summed E-state index contributed by atoms with van der Waals surface area (Å²) in [6.07, 6.45) is -0.164. The zero-order valence-electron chi connectivity index (χ0n) is 18.9. The van der Waals surface area contributed by atoms with Crippen molar-refractivity contribution in [1.82, 2.24) is 9.30 Å². The first kappa shape index (κ1) is 22.5. The largest absolute Gasteiger partial charge is 0.543 e. The maximum absolute atomic E-state index is 11.8. The van der Waals surface area contributed by atoms with E-state index in [-0.39, 0.29) is 23.6 Å². The van der Waals surface area contributed by atoms with Gasteiger partial charge in [0, 0.05) is 24.6 Å². The lowest BCUT2D eigenvalue weighted by Crippen LogP contribution is -2.64. The third-order valence-corrected chi connectivity index (χ3v) is 8.08. The first-order valence-corrected chi connectivity index (χ1v) is 11.2. The zero-order valence-corrected chi connectivity index (χ0v) is 19.8. The molecule has 1 saturated heterocycles. The standard InChI is InChI=1S/C12H17NO4.C10H15N2S/c1-4-7-5(2)9-8(6(3)14)11(15)13(9)10(7)12(16)17;1-6-8(3)13-10-7(2)11(5)9(4)12(6)10/h5-6,8-9,14H,4H2,1-3H3,(H,16,17);1-5H3/q;+1/p-1/t5-,6?,8?,9?;/m0./s1. The minimum Gasteiger partial charge on any atom is -0.543 e. The highest BCUT2D eigenvalue weighted by Gasteiger charge is 2.58. The van der Waals surface area contributed by atoms with Crippen molar-refractivity contribution in [2.75, 3.05) is 0 Å². The predicted octanol–water partition coefficient (Wildman–Crippen LogP) is 1.32. The SMILES string of the molecule is CCC1=C(C(=O)[O-])N2C(=O)C(C(C)O)C2[C@H]1C.Cc1sc2c(C)[n+](C)c(C)n2c1C. The molecule has 1 fully saturated rings. The molecule has 0 aromatic carbocycles. The van der Waals surface area contributed by atoms with Crippen molar-refractivity contribution in [3.05, 3.63) is 33.4 Å². The summed E-state index contributed by atoms with van der Waals surface area (Å²) in [5, 5.41) is 20.7. The second kappa shape index (κ2) is 7.81. The maximum Gasteiger partial charge on any atom is 0.259 e. The van der Waals surface area contributed by atoms with Crippen LogP contribution in [0.15, 0.2) is 11.3 Å². The van der Waals surface area contributed by atoms with E-state index in [1.807, 2.05) is 25.2 Å². The van der Waals surface area contributed by atoms with Gasteiger partial charge >= 0.3 is 0 Å². The van der Waals surface area contributed by atoms with Crippen LogP contribution in [0.25, 0.3) is 4.83 Å². The highest BCUT2D eigenvalue weighted by molar-refractivity contribution is 7.17. The molecule has 3 unspecified atom stereocenters. The number of carbonyl (C=O) groups is 2. The quantitative estimate of drug-likeness (QED) is 0.584. The normalized spacial score (nSPS) is 24.0. The Balaban J connectivity index is 0.000000177. The Kier molecular flexibility index (Phi) is 5.86. The number of aliphatic hydroxyl groups excluding tert-OH is 1. The van der Waals surface area contributed by atoms with Gasteiger partial charge < -0.3 is 19.9 Å². The number of carbonyl (C=O) groups excluding carboxylic acids is 2. The van der Waals surface area contributed by atoms with Crippen LogP contribution in [-0.4, -0.2) is 38.4 Å². The van der Waals surface area contributed by atoms with Crippen molar-refractivity contribution in [1.29, 1.82) is 0 Å². The molecule has 1 amide bonds. The van der Waals surface area contributed by atoms with E-state index in [1.54, 1.807) is 6.92 Å². The molecule has 30 heavy (non-hydrogen) atoms. The van der Waals surface area contributed by atoms with E-state index < -0.39 is 18.0 Å². The number of hydrogen-bond acceptors (Lipinski definition) is 5. The molecule has 0 bridgehead atoms. The van der Waals surface area contributed by atoms with E-state index in [0.29, 0.717) is 6.42 Å². The van der Waals surface area contributed by atoms with E-state index in [2.05, 4.69) is 43.7 Å². The Morgan fingerprint density at radius 3 is 2.37 bits per heavy atom. The van der Waals surface area contributed by atoms with Crippen LogP contribution < -0.4 is 9.67 Å². The van der Waals surface area contributed by atoms with Gasteiger partial charge in [-0.25, -0.2) is 4.57 Å². The van der Waals surface area contributed by atoms with Crippen LogP contribution in [0, 0.1) is 39.5 Å². The summed E-state index contributed by atoms with van der Waals surface area (Å²) >= 11 is 1.88. The number of hydrogen-bond donors (Lipinski definition) is 1. The molecule has 0 saturated carbocycles. The van der Waals surface area contributed by atoms with E-state index in [0.717, 1.165) is 5.57 Å². The number of carboxylic acid groups (broad SMARTS) is 1. The Hall–Kier alpha value is -2.19. The molecule has 8 heteroatoms. The van der Waals surface area contributed by atoms with Crippen molar-refractivity contribution in [2.24, 2.45) is 18.9 Å². The summed E-state index contributed by atoms with van der Waals surface area (Å²) in [5.41, 5.74) is 3.50. The van der Waals surface area contributed by atoms with Crippen LogP contribution in [0.2, 0.25) is 0 Å². The third-order valence-electron chi connectivity index (χ3n) is 6.81. The fourth-order valence-corrected chi connectivity index (χ4v) is 6.02. The van der Waals surface area contributed by atoms with Crippen LogP contribution >= 0.6 is 11.3 Å². The lowest BCUT2D eigenvalue weighted by molar-refractivity contribution is -0.682. The molecular formula is C22H31N3O4S. The molecule has 2 aromatic rings. The van der Waals surface area contributed by atoms with Crippen molar-refractivity contribution >= 4 is 28.0 Å². The van der Waals surface area contributed by atoms with Gasteiger partial charge in [-0.05, 0) is 32.8 Å². The number of carboxylic acids is 1. The van der Waals surface area contributed by atoms with Gasteiger partial charge in [0.25, 0.3) is 5.82 Å². The van der Waals surface area contributed by atoms with E-state index in [4.69, 9.17) is 0 Å². The summed E-state index contributed by atoms with van der Waals surface area (Å²) < 4.78 is 4.59. The van der Waals surface area contributed by atoms with Gasteiger partial charge in [0.15, 0.2) is 5.69 Å². The van der Waals surface area contributed by atoms with Gasteiger partial charge in [0.1, 0.15) is 5.69 Å². The van der Waals surface area contributed by atoms with Crippen LogP contribution in [0.5, 0.6) is 0 Å².